The molecule has 1 aromatic carbocycles. The fraction of sp³-hybridized carbons (Fsp3) is 0.214. The molecule has 17 heavy (non-hydrogen) atoms. The van der Waals surface area contributed by atoms with Crippen LogP contribution >= 0.6 is 11.8 Å². The lowest BCUT2D eigenvalue weighted by Gasteiger charge is -2.05. The van der Waals surface area contributed by atoms with Gasteiger partial charge in [-0.25, -0.2) is 0 Å². The Morgan fingerprint density at radius 1 is 0.941 bits per heavy atom. The van der Waals surface area contributed by atoms with Gasteiger partial charge >= 0.3 is 0 Å². The molecule has 0 fully saturated rings. The zero-order valence-corrected chi connectivity index (χ0v) is 10.7. The molecule has 0 unspecified atom stereocenters. The van der Waals surface area contributed by atoms with Crippen molar-refractivity contribution in [3.63, 3.8) is 0 Å². The Labute approximate surface area is 106 Å². The molecule has 2 nitrogen and oxygen atoms in total. The number of nitrogens with zero attached hydrogens (tertiary/aromatic N) is 1. The van der Waals surface area contributed by atoms with Gasteiger partial charge < -0.3 is 5.32 Å². The number of thioether (sulfide) groups is 1. The van der Waals surface area contributed by atoms with Crippen LogP contribution in [0, 0.1) is 0 Å². The lowest BCUT2D eigenvalue weighted by atomic mass is 10.2. The number of rotatable bonds is 5. The third kappa shape index (κ3) is 3.88. The van der Waals surface area contributed by atoms with Crippen LogP contribution in [-0.2, 0) is 13.1 Å². The number of aromatic nitrogens is 1. The summed E-state index contributed by atoms with van der Waals surface area (Å²) in [4.78, 5) is 5.31. The van der Waals surface area contributed by atoms with Crippen LogP contribution in [0.2, 0.25) is 0 Å². The highest BCUT2D eigenvalue weighted by molar-refractivity contribution is 7.98. The second kappa shape index (κ2) is 6.42. The Bertz CT molecular complexity index is 440. The summed E-state index contributed by atoms with van der Waals surface area (Å²) < 4.78 is 0. The lowest BCUT2D eigenvalue weighted by Crippen LogP contribution is -2.12. The third-order valence-electron chi connectivity index (χ3n) is 2.57. The quantitative estimate of drug-likeness (QED) is 0.818. The first-order valence-corrected chi connectivity index (χ1v) is 6.83. The SMILES string of the molecule is CSc1ccc(CNCc2ccncc2)cc1. The molecule has 0 aliphatic carbocycles. The molecule has 0 saturated heterocycles. The summed E-state index contributed by atoms with van der Waals surface area (Å²) in [6, 6.07) is 12.7. The monoisotopic (exact) mass is 244 g/mol. The molecule has 0 aliphatic heterocycles. The molecule has 3 heteroatoms. The Morgan fingerprint density at radius 3 is 2.12 bits per heavy atom. The van der Waals surface area contributed by atoms with Crippen LogP contribution in [0.15, 0.2) is 53.7 Å². The molecule has 88 valence electrons. The van der Waals surface area contributed by atoms with E-state index >= 15 is 0 Å². The number of hydrogen-bond donors (Lipinski definition) is 1. The van der Waals surface area contributed by atoms with E-state index < -0.39 is 0 Å². The molecule has 0 amide bonds. The van der Waals surface area contributed by atoms with Crippen LogP contribution in [0.3, 0.4) is 0 Å². The number of pyridine rings is 1. The molecule has 0 radical (unpaired) electrons. The largest absolute Gasteiger partial charge is 0.309 e. The van der Waals surface area contributed by atoms with Crippen molar-refractivity contribution < 1.29 is 0 Å². The number of nitrogens with one attached hydrogen (secondary N) is 1. The first-order valence-electron chi connectivity index (χ1n) is 5.61. The fourth-order valence-electron chi connectivity index (χ4n) is 1.60. The molecule has 0 atom stereocenters. The first kappa shape index (κ1) is 12.1. The van der Waals surface area contributed by atoms with Crippen molar-refractivity contribution in [1.29, 1.82) is 0 Å². The molecule has 1 heterocycles. The average molecular weight is 244 g/mol. The molecular weight excluding hydrogens is 228 g/mol. The minimum absolute atomic E-state index is 0.882. The van der Waals surface area contributed by atoms with Crippen molar-refractivity contribution in [2.45, 2.75) is 18.0 Å². The standard InChI is InChI=1S/C14H16N2S/c1-17-14-4-2-12(3-5-14)10-16-11-13-6-8-15-9-7-13/h2-9,16H,10-11H2,1H3. The van der Waals surface area contributed by atoms with Crippen LogP contribution in [0.1, 0.15) is 11.1 Å². The summed E-state index contributed by atoms with van der Waals surface area (Å²) in [5.74, 6) is 0. The van der Waals surface area contributed by atoms with Crippen LogP contribution in [-0.4, -0.2) is 11.2 Å². The van der Waals surface area contributed by atoms with Crippen LogP contribution in [0.5, 0.6) is 0 Å². The summed E-state index contributed by atoms with van der Waals surface area (Å²) in [5.41, 5.74) is 2.58. The van der Waals surface area contributed by atoms with E-state index in [9.17, 15) is 0 Å². The van der Waals surface area contributed by atoms with E-state index in [1.165, 1.54) is 16.0 Å². The second-order valence-corrected chi connectivity index (χ2v) is 4.69. The maximum atomic E-state index is 4.00. The van der Waals surface area contributed by atoms with Gasteiger partial charge in [0.2, 0.25) is 0 Å². The maximum Gasteiger partial charge on any atom is 0.0271 e. The summed E-state index contributed by atoms with van der Waals surface area (Å²) in [6.07, 6.45) is 5.74. The fourth-order valence-corrected chi connectivity index (χ4v) is 2.00. The Hall–Kier alpha value is -1.32. The summed E-state index contributed by atoms with van der Waals surface area (Å²) in [6.45, 7) is 1.78. The molecule has 0 saturated carbocycles. The number of benzene rings is 1. The lowest BCUT2D eigenvalue weighted by molar-refractivity contribution is 0.692. The topological polar surface area (TPSA) is 24.9 Å². The maximum absolute atomic E-state index is 4.00. The van der Waals surface area contributed by atoms with Gasteiger partial charge in [0.05, 0.1) is 0 Å². The highest BCUT2D eigenvalue weighted by atomic mass is 32.2. The molecule has 0 spiro atoms. The number of hydrogen-bond acceptors (Lipinski definition) is 3. The predicted molar refractivity (Wildman–Crippen MR) is 73.0 cm³/mol. The Kier molecular flexibility index (Phi) is 4.59. The summed E-state index contributed by atoms with van der Waals surface area (Å²) >= 11 is 1.77. The van der Waals surface area contributed by atoms with Gasteiger partial charge in [0.15, 0.2) is 0 Å². The molecule has 0 bridgehead atoms. The zero-order chi connectivity index (χ0) is 11.9. The van der Waals surface area contributed by atoms with Crippen LogP contribution in [0.4, 0.5) is 0 Å². The van der Waals surface area contributed by atoms with Crippen molar-refractivity contribution >= 4 is 11.8 Å². The Morgan fingerprint density at radius 2 is 1.53 bits per heavy atom. The molecule has 1 aromatic heterocycles. The smallest absolute Gasteiger partial charge is 0.0271 e. The van der Waals surface area contributed by atoms with Gasteiger partial charge in [-0.1, -0.05) is 12.1 Å². The van der Waals surface area contributed by atoms with E-state index in [1.807, 2.05) is 24.5 Å². The highest BCUT2D eigenvalue weighted by Gasteiger charge is 1.94. The van der Waals surface area contributed by atoms with Gasteiger partial charge in [0.1, 0.15) is 0 Å². The average Bonchev–Trinajstić information content (AvgIpc) is 2.41. The van der Waals surface area contributed by atoms with E-state index in [2.05, 4.69) is 40.8 Å². The van der Waals surface area contributed by atoms with Crippen molar-refractivity contribution in [2.24, 2.45) is 0 Å². The summed E-state index contributed by atoms with van der Waals surface area (Å²) in [7, 11) is 0. The van der Waals surface area contributed by atoms with Crippen LogP contribution in [0.25, 0.3) is 0 Å². The minimum Gasteiger partial charge on any atom is -0.309 e. The minimum atomic E-state index is 0.882. The molecule has 2 rings (SSSR count). The first-order chi connectivity index (χ1) is 8.38. The Balaban J connectivity index is 1.82. The van der Waals surface area contributed by atoms with Crippen molar-refractivity contribution in [1.82, 2.24) is 10.3 Å². The molecule has 2 aromatic rings. The van der Waals surface area contributed by atoms with Crippen molar-refractivity contribution in [3.05, 3.63) is 59.9 Å². The molecule has 0 aliphatic rings. The zero-order valence-electron chi connectivity index (χ0n) is 9.89. The highest BCUT2D eigenvalue weighted by Crippen LogP contribution is 2.14. The van der Waals surface area contributed by atoms with Crippen LogP contribution < -0.4 is 5.32 Å². The van der Waals surface area contributed by atoms with Gasteiger partial charge in [-0.3, -0.25) is 4.98 Å². The van der Waals surface area contributed by atoms with Gasteiger partial charge in [0.25, 0.3) is 0 Å². The van der Waals surface area contributed by atoms with E-state index in [0.29, 0.717) is 0 Å². The second-order valence-electron chi connectivity index (χ2n) is 3.81. The van der Waals surface area contributed by atoms with Gasteiger partial charge in [-0.05, 0) is 41.6 Å². The van der Waals surface area contributed by atoms with E-state index in [1.54, 1.807) is 11.8 Å². The molecular formula is C14H16N2S. The van der Waals surface area contributed by atoms with E-state index in [-0.39, 0.29) is 0 Å². The van der Waals surface area contributed by atoms with Gasteiger partial charge in [-0.15, -0.1) is 11.8 Å². The van der Waals surface area contributed by atoms with Crippen molar-refractivity contribution in [3.8, 4) is 0 Å². The molecule has 1 N–H and O–H groups in total. The summed E-state index contributed by atoms with van der Waals surface area (Å²) in [5, 5.41) is 3.42. The predicted octanol–water partition coefficient (Wildman–Crippen LogP) is 3.09. The van der Waals surface area contributed by atoms with Gasteiger partial charge in [-0.2, -0.15) is 0 Å². The van der Waals surface area contributed by atoms with Gasteiger partial charge in [0, 0.05) is 30.4 Å². The third-order valence-corrected chi connectivity index (χ3v) is 3.31. The van der Waals surface area contributed by atoms with Crippen molar-refractivity contribution in [2.75, 3.05) is 6.26 Å². The van der Waals surface area contributed by atoms with E-state index in [0.717, 1.165) is 13.1 Å². The van der Waals surface area contributed by atoms with E-state index in [4.69, 9.17) is 0 Å². The normalized spacial score (nSPS) is 10.4.